The lowest BCUT2D eigenvalue weighted by molar-refractivity contribution is 0.278. The first-order valence-electron chi connectivity index (χ1n) is 8.83. The Morgan fingerprint density at radius 1 is 1.36 bits per heavy atom. The number of aromatic nitrogens is 2. The number of aromatic amines is 1. The number of aliphatic hydroxyl groups is 1. The van der Waals surface area contributed by atoms with E-state index in [0.29, 0.717) is 0 Å². The molecule has 25 heavy (non-hydrogen) atoms. The second-order valence-corrected chi connectivity index (χ2v) is 6.45. The van der Waals surface area contributed by atoms with Crippen molar-refractivity contribution < 1.29 is 5.11 Å². The summed E-state index contributed by atoms with van der Waals surface area (Å²) in [6.45, 7) is 1.85. The van der Waals surface area contributed by atoms with Gasteiger partial charge in [-0.25, -0.2) is 0 Å². The van der Waals surface area contributed by atoms with Crippen molar-refractivity contribution in [1.82, 2.24) is 15.6 Å². The van der Waals surface area contributed by atoms with Crippen LogP contribution in [0.4, 0.5) is 5.69 Å². The molecule has 0 amide bonds. The van der Waals surface area contributed by atoms with Gasteiger partial charge < -0.3 is 10.4 Å². The zero-order valence-corrected chi connectivity index (χ0v) is 14.3. The van der Waals surface area contributed by atoms with E-state index in [1.54, 1.807) is 6.21 Å². The molecule has 0 saturated heterocycles. The maximum atomic E-state index is 9.70. The van der Waals surface area contributed by atoms with E-state index in [-0.39, 0.29) is 12.6 Å². The topological polar surface area (TPSA) is 85.3 Å². The Balaban J connectivity index is 1.83. The Labute approximate surface area is 146 Å². The largest absolute Gasteiger partial charge is 0.390 e. The molecule has 6 heteroatoms. The van der Waals surface area contributed by atoms with Crippen LogP contribution in [0.5, 0.6) is 0 Å². The average molecular weight is 337 g/mol. The fraction of sp³-hybridized carbons (Fsp3) is 0.368. The van der Waals surface area contributed by atoms with E-state index in [4.69, 9.17) is 0 Å². The van der Waals surface area contributed by atoms with Gasteiger partial charge in [0.05, 0.1) is 23.9 Å². The molecule has 1 unspecified atom stereocenters. The highest BCUT2D eigenvalue weighted by Crippen LogP contribution is 2.45. The zero-order chi connectivity index (χ0) is 17.2. The highest BCUT2D eigenvalue weighted by molar-refractivity contribution is 6.01. The number of nitrogens with one attached hydrogen (secondary N) is 3. The summed E-state index contributed by atoms with van der Waals surface area (Å²) in [7, 11) is 0. The lowest BCUT2D eigenvalue weighted by atomic mass is 9.79. The van der Waals surface area contributed by atoms with Crippen molar-refractivity contribution in [2.45, 2.75) is 45.3 Å². The van der Waals surface area contributed by atoms with Gasteiger partial charge >= 0.3 is 0 Å². The lowest BCUT2D eigenvalue weighted by Gasteiger charge is -2.34. The van der Waals surface area contributed by atoms with Gasteiger partial charge in [0.1, 0.15) is 0 Å². The Morgan fingerprint density at radius 3 is 3.08 bits per heavy atom. The van der Waals surface area contributed by atoms with Crippen molar-refractivity contribution in [3.05, 3.63) is 41.2 Å². The summed E-state index contributed by atoms with van der Waals surface area (Å²) in [4.78, 5) is 0. The van der Waals surface area contributed by atoms with Crippen LogP contribution < -0.4 is 10.7 Å². The number of fused-ring (bicyclic) bond motifs is 4. The number of anilines is 1. The van der Waals surface area contributed by atoms with E-state index in [1.807, 2.05) is 19.2 Å². The van der Waals surface area contributed by atoms with Gasteiger partial charge in [-0.15, -0.1) is 0 Å². The number of hydrogen-bond acceptors (Lipinski definition) is 5. The molecular formula is C19H23N5O. The summed E-state index contributed by atoms with van der Waals surface area (Å²) in [6, 6.07) is 4.27. The molecule has 1 aliphatic carbocycles. The Bertz CT molecular complexity index is 877. The SMILES string of the molecule is C/C=N/N/C=C/C1Nc2ccc3n[nH]c(CO)c3c2C2=C1CCCC2. The zero-order valence-electron chi connectivity index (χ0n) is 14.3. The van der Waals surface area contributed by atoms with Crippen molar-refractivity contribution in [3.8, 4) is 0 Å². The van der Waals surface area contributed by atoms with Crippen LogP contribution in [-0.4, -0.2) is 27.6 Å². The van der Waals surface area contributed by atoms with Gasteiger partial charge in [0.2, 0.25) is 0 Å². The van der Waals surface area contributed by atoms with E-state index < -0.39 is 0 Å². The second-order valence-electron chi connectivity index (χ2n) is 6.45. The van der Waals surface area contributed by atoms with E-state index in [0.717, 1.165) is 35.1 Å². The fourth-order valence-corrected chi connectivity index (χ4v) is 3.96. The van der Waals surface area contributed by atoms with Crippen LogP contribution in [-0.2, 0) is 6.61 Å². The average Bonchev–Trinajstić information content (AvgIpc) is 3.08. The normalized spacial score (nSPS) is 20.2. The molecule has 2 heterocycles. The minimum absolute atomic E-state index is 0.0299. The molecule has 2 aromatic rings. The molecule has 6 nitrogen and oxygen atoms in total. The summed E-state index contributed by atoms with van der Waals surface area (Å²) < 4.78 is 0. The molecule has 0 fully saturated rings. The van der Waals surface area contributed by atoms with Crippen molar-refractivity contribution in [2.75, 3.05) is 5.32 Å². The van der Waals surface area contributed by atoms with Crippen LogP contribution in [0, 0.1) is 0 Å². The quantitative estimate of drug-likeness (QED) is 0.509. The summed E-state index contributed by atoms with van der Waals surface area (Å²) >= 11 is 0. The fourth-order valence-electron chi connectivity index (χ4n) is 3.96. The van der Waals surface area contributed by atoms with Crippen LogP contribution >= 0.6 is 0 Å². The van der Waals surface area contributed by atoms with Crippen LogP contribution in [0.25, 0.3) is 16.5 Å². The molecule has 2 aliphatic rings. The molecule has 130 valence electrons. The molecular weight excluding hydrogens is 314 g/mol. The molecule has 1 aromatic heterocycles. The van der Waals surface area contributed by atoms with Gasteiger partial charge in [-0.05, 0) is 62.0 Å². The summed E-state index contributed by atoms with van der Waals surface area (Å²) in [5.74, 6) is 0. The Hall–Kier alpha value is -2.60. The first kappa shape index (κ1) is 15.9. The predicted molar refractivity (Wildman–Crippen MR) is 101 cm³/mol. The molecule has 1 aromatic carbocycles. The number of allylic oxidation sites excluding steroid dienone is 1. The van der Waals surface area contributed by atoms with Crippen LogP contribution in [0.1, 0.15) is 43.9 Å². The molecule has 4 N–H and O–H groups in total. The Morgan fingerprint density at radius 2 is 2.24 bits per heavy atom. The highest BCUT2D eigenvalue weighted by Gasteiger charge is 2.29. The number of benzene rings is 1. The molecule has 1 atom stereocenters. The van der Waals surface area contributed by atoms with Gasteiger partial charge in [0, 0.05) is 29.1 Å². The second kappa shape index (κ2) is 6.72. The standard InChI is InChI=1S/C19H23N5O/c1-2-20-21-10-9-14-12-5-3-4-6-13(12)18-15(22-14)7-8-16-19(18)17(11-25)24-23-16/h2,7-10,14,21-22,25H,3-6,11H2,1H3,(H,23,24)/b10-9+,20-2+. The first-order valence-corrected chi connectivity index (χ1v) is 8.83. The number of hydrogen-bond donors (Lipinski definition) is 4. The maximum Gasteiger partial charge on any atom is 0.0932 e. The van der Waals surface area contributed by atoms with E-state index >= 15 is 0 Å². The third-order valence-electron chi connectivity index (χ3n) is 5.02. The lowest BCUT2D eigenvalue weighted by Crippen LogP contribution is -2.27. The summed E-state index contributed by atoms with van der Waals surface area (Å²) in [5, 5.41) is 25.7. The highest BCUT2D eigenvalue weighted by atomic mass is 16.3. The molecule has 4 rings (SSSR count). The van der Waals surface area contributed by atoms with Crippen molar-refractivity contribution in [3.63, 3.8) is 0 Å². The van der Waals surface area contributed by atoms with Gasteiger partial charge in [-0.2, -0.15) is 10.2 Å². The van der Waals surface area contributed by atoms with Crippen LogP contribution in [0.3, 0.4) is 0 Å². The maximum absolute atomic E-state index is 9.70. The van der Waals surface area contributed by atoms with Gasteiger partial charge in [0.25, 0.3) is 0 Å². The molecule has 0 radical (unpaired) electrons. The van der Waals surface area contributed by atoms with Crippen LogP contribution in [0.2, 0.25) is 0 Å². The third-order valence-corrected chi connectivity index (χ3v) is 5.02. The molecule has 0 bridgehead atoms. The summed E-state index contributed by atoms with van der Waals surface area (Å²) in [5.41, 5.74) is 9.80. The Kier molecular flexibility index (Phi) is 4.28. The van der Waals surface area contributed by atoms with Crippen molar-refractivity contribution in [1.29, 1.82) is 0 Å². The number of hydrazone groups is 1. The smallest absolute Gasteiger partial charge is 0.0932 e. The first-order chi connectivity index (χ1) is 12.3. The minimum atomic E-state index is -0.0299. The third kappa shape index (κ3) is 2.72. The van der Waals surface area contributed by atoms with Crippen molar-refractivity contribution >= 4 is 28.4 Å². The van der Waals surface area contributed by atoms with Gasteiger partial charge in [0.15, 0.2) is 0 Å². The van der Waals surface area contributed by atoms with Gasteiger partial charge in [-0.1, -0.05) is 0 Å². The summed E-state index contributed by atoms with van der Waals surface area (Å²) in [6.07, 6.45) is 10.3. The van der Waals surface area contributed by atoms with Crippen molar-refractivity contribution in [2.24, 2.45) is 5.10 Å². The van der Waals surface area contributed by atoms with E-state index in [1.165, 1.54) is 29.6 Å². The van der Waals surface area contributed by atoms with E-state index in [2.05, 4.69) is 38.2 Å². The number of H-pyrrole nitrogens is 1. The molecule has 0 saturated carbocycles. The van der Waals surface area contributed by atoms with E-state index in [9.17, 15) is 5.11 Å². The monoisotopic (exact) mass is 337 g/mol. The molecule has 0 spiro atoms. The predicted octanol–water partition coefficient (Wildman–Crippen LogP) is 3.29. The number of nitrogens with zero attached hydrogens (tertiary/aromatic N) is 2. The van der Waals surface area contributed by atoms with Gasteiger partial charge in [-0.3, -0.25) is 10.5 Å². The van der Waals surface area contributed by atoms with Crippen LogP contribution in [0.15, 0.2) is 35.1 Å². The number of rotatable bonds is 4. The number of aliphatic hydroxyl groups excluding tert-OH is 1. The minimum Gasteiger partial charge on any atom is -0.390 e. The molecule has 1 aliphatic heterocycles.